The van der Waals surface area contributed by atoms with Crippen molar-refractivity contribution in [3.8, 4) is 11.5 Å². The molecule has 1 aliphatic rings. The van der Waals surface area contributed by atoms with E-state index in [4.69, 9.17) is 9.47 Å². The molecule has 18 heavy (non-hydrogen) atoms. The highest BCUT2D eigenvalue weighted by Gasteiger charge is 2.15. The summed E-state index contributed by atoms with van der Waals surface area (Å²) in [6.07, 6.45) is 0.0175. The van der Waals surface area contributed by atoms with Gasteiger partial charge >= 0.3 is 0 Å². The summed E-state index contributed by atoms with van der Waals surface area (Å²) < 4.78 is 10.8. The Morgan fingerprint density at radius 2 is 2.11 bits per heavy atom. The maximum Gasteiger partial charge on any atom is 0.219 e. The zero-order chi connectivity index (χ0) is 13.0. The van der Waals surface area contributed by atoms with Gasteiger partial charge < -0.3 is 19.9 Å². The van der Waals surface area contributed by atoms with Crippen LogP contribution in [-0.4, -0.2) is 31.3 Å². The second-order valence-corrected chi connectivity index (χ2v) is 4.13. The SMILES string of the molecule is CNC(=O)CCC(O)c1ccc2c(c1)OCCO2. The number of hydrogen-bond donors (Lipinski definition) is 2. The topological polar surface area (TPSA) is 67.8 Å². The molecule has 0 fully saturated rings. The van der Waals surface area contributed by atoms with Gasteiger partial charge in [0.25, 0.3) is 0 Å². The van der Waals surface area contributed by atoms with E-state index in [0.717, 1.165) is 5.56 Å². The van der Waals surface area contributed by atoms with Crippen molar-refractivity contribution in [1.82, 2.24) is 5.32 Å². The fourth-order valence-corrected chi connectivity index (χ4v) is 1.83. The molecule has 1 atom stereocenters. The van der Waals surface area contributed by atoms with Crippen LogP contribution in [0.2, 0.25) is 0 Å². The number of nitrogens with one attached hydrogen (secondary N) is 1. The van der Waals surface area contributed by atoms with Gasteiger partial charge in [-0.3, -0.25) is 4.79 Å². The van der Waals surface area contributed by atoms with Gasteiger partial charge in [0, 0.05) is 13.5 Å². The van der Waals surface area contributed by atoms with E-state index >= 15 is 0 Å². The summed E-state index contributed by atoms with van der Waals surface area (Å²) in [6.45, 7) is 1.07. The van der Waals surface area contributed by atoms with Gasteiger partial charge in [-0.2, -0.15) is 0 Å². The van der Waals surface area contributed by atoms with E-state index in [2.05, 4.69) is 5.32 Å². The van der Waals surface area contributed by atoms with Gasteiger partial charge in [0.1, 0.15) is 13.2 Å². The van der Waals surface area contributed by atoms with Gasteiger partial charge in [-0.15, -0.1) is 0 Å². The number of carbonyl (C=O) groups is 1. The molecule has 5 nitrogen and oxygen atoms in total. The summed E-state index contributed by atoms with van der Waals surface area (Å²) in [7, 11) is 1.58. The monoisotopic (exact) mass is 251 g/mol. The highest BCUT2D eigenvalue weighted by atomic mass is 16.6. The molecule has 2 rings (SSSR count). The Kier molecular flexibility index (Phi) is 4.04. The predicted molar refractivity (Wildman–Crippen MR) is 65.7 cm³/mol. The van der Waals surface area contributed by atoms with Crippen molar-refractivity contribution in [2.24, 2.45) is 0 Å². The Morgan fingerprint density at radius 1 is 1.39 bits per heavy atom. The second kappa shape index (κ2) is 5.73. The van der Waals surface area contributed by atoms with Crippen LogP contribution in [0.25, 0.3) is 0 Å². The zero-order valence-electron chi connectivity index (χ0n) is 10.3. The number of carbonyl (C=O) groups excluding carboxylic acids is 1. The van der Waals surface area contributed by atoms with E-state index in [9.17, 15) is 9.90 Å². The molecule has 0 saturated heterocycles. The van der Waals surface area contributed by atoms with Crippen LogP contribution in [0, 0.1) is 0 Å². The van der Waals surface area contributed by atoms with Crippen LogP contribution >= 0.6 is 0 Å². The van der Waals surface area contributed by atoms with Gasteiger partial charge in [-0.05, 0) is 24.1 Å². The van der Waals surface area contributed by atoms with Gasteiger partial charge in [-0.1, -0.05) is 6.07 Å². The van der Waals surface area contributed by atoms with Gasteiger partial charge in [-0.25, -0.2) is 0 Å². The first-order valence-corrected chi connectivity index (χ1v) is 5.99. The van der Waals surface area contributed by atoms with Crippen LogP contribution in [0.15, 0.2) is 18.2 Å². The number of rotatable bonds is 4. The second-order valence-electron chi connectivity index (χ2n) is 4.13. The van der Waals surface area contributed by atoms with E-state index in [-0.39, 0.29) is 5.91 Å². The summed E-state index contributed by atoms with van der Waals surface area (Å²) >= 11 is 0. The molecule has 2 N–H and O–H groups in total. The zero-order valence-corrected chi connectivity index (χ0v) is 10.3. The molecule has 1 heterocycles. The first-order valence-electron chi connectivity index (χ1n) is 5.99. The lowest BCUT2D eigenvalue weighted by Crippen LogP contribution is -2.18. The van der Waals surface area contributed by atoms with E-state index in [1.807, 2.05) is 0 Å². The van der Waals surface area contributed by atoms with Gasteiger partial charge in [0.05, 0.1) is 6.10 Å². The van der Waals surface area contributed by atoms with E-state index in [1.165, 1.54) is 0 Å². The third-order valence-corrected chi connectivity index (χ3v) is 2.87. The molecule has 98 valence electrons. The van der Waals surface area contributed by atoms with Crippen LogP contribution in [0.5, 0.6) is 11.5 Å². The maximum absolute atomic E-state index is 11.1. The quantitative estimate of drug-likeness (QED) is 0.838. The Bertz CT molecular complexity index is 433. The lowest BCUT2D eigenvalue weighted by atomic mass is 10.0. The summed E-state index contributed by atoms with van der Waals surface area (Å²) in [5.74, 6) is 1.27. The van der Waals surface area contributed by atoms with Crippen LogP contribution in [0.4, 0.5) is 0 Å². The highest BCUT2D eigenvalue weighted by Crippen LogP contribution is 2.33. The molecule has 0 aliphatic carbocycles. The smallest absolute Gasteiger partial charge is 0.219 e. The largest absolute Gasteiger partial charge is 0.486 e. The van der Waals surface area contributed by atoms with Crippen LogP contribution < -0.4 is 14.8 Å². The standard InChI is InChI=1S/C13H17NO4/c1-14-13(16)5-3-10(15)9-2-4-11-12(8-9)18-7-6-17-11/h2,4,8,10,15H,3,5-7H2,1H3,(H,14,16). The number of benzene rings is 1. The fraction of sp³-hybridized carbons (Fsp3) is 0.462. The van der Waals surface area contributed by atoms with Crippen molar-refractivity contribution in [3.63, 3.8) is 0 Å². The van der Waals surface area contributed by atoms with Crippen molar-refractivity contribution in [3.05, 3.63) is 23.8 Å². The molecule has 0 radical (unpaired) electrons. The minimum Gasteiger partial charge on any atom is -0.486 e. The van der Waals surface area contributed by atoms with Crippen LogP contribution in [-0.2, 0) is 4.79 Å². The minimum atomic E-state index is -0.668. The Balaban J connectivity index is 2.01. The third-order valence-electron chi connectivity index (χ3n) is 2.87. The molecule has 1 unspecified atom stereocenters. The van der Waals surface area contributed by atoms with Crippen molar-refractivity contribution >= 4 is 5.91 Å². The van der Waals surface area contributed by atoms with Crippen molar-refractivity contribution in [1.29, 1.82) is 0 Å². The molecular weight excluding hydrogens is 234 g/mol. The summed E-state index contributed by atoms with van der Waals surface area (Å²) in [4.78, 5) is 11.1. The molecule has 0 bridgehead atoms. The first-order chi connectivity index (χ1) is 8.70. The molecule has 0 spiro atoms. The number of aliphatic hydroxyl groups excluding tert-OH is 1. The molecule has 1 aromatic rings. The molecule has 0 saturated carbocycles. The first kappa shape index (κ1) is 12.7. The van der Waals surface area contributed by atoms with Crippen LogP contribution in [0.3, 0.4) is 0 Å². The molecule has 1 aromatic carbocycles. The van der Waals surface area contributed by atoms with Crippen molar-refractivity contribution < 1.29 is 19.4 Å². The molecule has 5 heteroatoms. The predicted octanol–water partition coefficient (Wildman–Crippen LogP) is 1.02. The van der Waals surface area contributed by atoms with Crippen molar-refractivity contribution in [2.45, 2.75) is 18.9 Å². The van der Waals surface area contributed by atoms with Gasteiger partial charge in [0.15, 0.2) is 11.5 Å². The number of aliphatic hydroxyl groups is 1. The number of ether oxygens (including phenoxy) is 2. The molecule has 1 amide bonds. The fourth-order valence-electron chi connectivity index (χ4n) is 1.83. The van der Waals surface area contributed by atoms with Crippen molar-refractivity contribution in [2.75, 3.05) is 20.3 Å². The highest BCUT2D eigenvalue weighted by molar-refractivity contribution is 5.75. The van der Waals surface area contributed by atoms with E-state index < -0.39 is 6.10 Å². The average molecular weight is 251 g/mol. The van der Waals surface area contributed by atoms with Gasteiger partial charge in [0.2, 0.25) is 5.91 Å². The maximum atomic E-state index is 11.1. The number of hydrogen-bond acceptors (Lipinski definition) is 4. The third kappa shape index (κ3) is 2.92. The van der Waals surface area contributed by atoms with E-state index in [1.54, 1.807) is 25.2 Å². The average Bonchev–Trinajstić information content (AvgIpc) is 2.43. The summed E-state index contributed by atoms with van der Waals surface area (Å²) in [6, 6.07) is 5.35. The Labute approximate surface area is 106 Å². The summed E-state index contributed by atoms with van der Waals surface area (Å²) in [5, 5.41) is 12.5. The number of fused-ring (bicyclic) bond motifs is 1. The minimum absolute atomic E-state index is 0.0772. The Morgan fingerprint density at radius 3 is 2.83 bits per heavy atom. The molecule has 0 aromatic heterocycles. The lowest BCUT2D eigenvalue weighted by molar-refractivity contribution is -0.121. The molecule has 1 aliphatic heterocycles. The lowest BCUT2D eigenvalue weighted by Gasteiger charge is -2.20. The Hall–Kier alpha value is -1.75. The summed E-state index contributed by atoms with van der Waals surface area (Å²) in [5.41, 5.74) is 0.739. The van der Waals surface area contributed by atoms with E-state index in [0.29, 0.717) is 37.6 Å². The molecular formula is C13H17NO4. The van der Waals surface area contributed by atoms with Crippen LogP contribution in [0.1, 0.15) is 24.5 Å². The normalized spacial score (nSPS) is 15.0. The number of amides is 1.